The molecule has 2 aromatic carbocycles. The van der Waals surface area contributed by atoms with Crippen LogP contribution in [-0.4, -0.2) is 65.4 Å². The molecule has 36 heavy (non-hydrogen) atoms. The van der Waals surface area contributed by atoms with Gasteiger partial charge in [-0.25, -0.2) is 0 Å². The SMILES string of the molecule is [B]C(NC(=O)C(F)(F)c1ccc(Cl)cc1)c1ccc2c(c1)CN(C1([B])C(=O)NC(=O)C([B])C1[B])C2=O. The molecule has 4 amide bonds. The zero-order valence-corrected chi connectivity index (χ0v) is 19.3. The molecular formula is C22H14B4ClF2N3O4. The van der Waals surface area contributed by atoms with Gasteiger partial charge >= 0.3 is 5.92 Å². The highest BCUT2D eigenvalue weighted by Gasteiger charge is 2.53. The topological polar surface area (TPSA) is 95.6 Å². The minimum Gasteiger partial charge on any atom is -0.352 e. The Morgan fingerprint density at radius 2 is 1.81 bits per heavy atom. The summed E-state index contributed by atoms with van der Waals surface area (Å²) in [5, 5.41) is 4.29. The summed E-state index contributed by atoms with van der Waals surface area (Å²) >= 11 is 5.71. The number of carbonyl (C=O) groups is 4. The number of amides is 4. The predicted molar refractivity (Wildman–Crippen MR) is 129 cm³/mol. The van der Waals surface area contributed by atoms with Gasteiger partial charge in [-0.15, -0.1) is 0 Å². The van der Waals surface area contributed by atoms with Crippen LogP contribution in [0.1, 0.15) is 33.0 Å². The number of benzene rings is 2. The van der Waals surface area contributed by atoms with Crippen LogP contribution in [0.15, 0.2) is 42.5 Å². The van der Waals surface area contributed by atoms with E-state index in [4.69, 9.17) is 43.0 Å². The van der Waals surface area contributed by atoms with E-state index in [1.165, 1.54) is 30.3 Å². The number of hydrogen-bond acceptors (Lipinski definition) is 4. The number of nitrogens with zero attached hydrogens (tertiary/aromatic N) is 1. The number of alkyl halides is 2. The molecular weight excluding hydrogens is 487 g/mol. The number of piperidine rings is 1. The van der Waals surface area contributed by atoms with Crippen molar-refractivity contribution in [2.24, 2.45) is 0 Å². The molecule has 1 fully saturated rings. The maximum atomic E-state index is 14.6. The van der Waals surface area contributed by atoms with Crippen molar-refractivity contribution in [3.63, 3.8) is 0 Å². The fourth-order valence-corrected chi connectivity index (χ4v) is 4.25. The van der Waals surface area contributed by atoms with Crippen molar-refractivity contribution in [1.29, 1.82) is 0 Å². The quantitative estimate of drug-likeness (QED) is 0.469. The minimum atomic E-state index is -3.89. The van der Waals surface area contributed by atoms with Crippen molar-refractivity contribution in [3.8, 4) is 0 Å². The fourth-order valence-electron chi connectivity index (χ4n) is 4.12. The lowest BCUT2D eigenvalue weighted by Gasteiger charge is -2.48. The summed E-state index contributed by atoms with van der Waals surface area (Å²) in [6, 6.07) is 8.65. The van der Waals surface area contributed by atoms with E-state index in [0.29, 0.717) is 5.56 Å². The standard InChI is InChI=1S/C22H14B4ClF2N3O4/c23-14-15(24)21(26,19(35)31-17(14)33)32-8-10-7-9(1-6-13(10)18(32)34)16(25)30-20(36)22(28,29)11-2-4-12(27)5-3-11/h1-7,14-16H,8H2,(H,30,36)(H,31,33,35). The van der Waals surface area contributed by atoms with Gasteiger partial charge in [-0.1, -0.05) is 41.7 Å². The van der Waals surface area contributed by atoms with Gasteiger partial charge in [-0.3, -0.25) is 24.5 Å². The molecule has 2 aliphatic heterocycles. The molecule has 0 spiro atoms. The summed E-state index contributed by atoms with van der Waals surface area (Å²) in [4.78, 5) is 50.7. The van der Waals surface area contributed by atoms with E-state index in [1.807, 2.05) is 5.32 Å². The third-order valence-corrected chi connectivity index (χ3v) is 6.57. The molecule has 0 aromatic heterocycles. The molecule has 14 heteroatoms. The smallest absolute Gasteiger partial charge is 0.349 e. The Hall–Kier alpha value is -3.07. The first kappa shape index (κ1) is 26.0. The Labute approximate surface area is 215 Å². The van der Waals surface area contributed by atoms with Gasteiger partial charge in [0, 0.05) is 28.6 Å². The summed E-state index contributed by atoms with van der Waals surface area (Å²) in [5.41, 5.74) is -1.99. The number of hydrogen-bond donors (Lipinski definition) is 2. The van der Waals surface area contributed by atoms with Crippen LogP contribution >= 0.6 is 11.6 Å². The van der Waals surface area contributed by atoms with E-state index in [-0.39, 0.29) is 22.7 Å². The van der Waals surface area contributed by atoms with Gasteiger partial charge < -0.3 is 10.2 Å². The first-order valence-electron chi connectivity index (χ1n) is 10.6. The molecule has 1 saturated heterocycles. The highest BCUT2D eigenvalue weighted by molar-refractivity contribution is 6.43. The van der Waals surface area contributed by atoms with Crippen molar-refractivity contribution < 1.29 is 28.0 Å². The second-order valence-corrected chi connectivity index (χ2v) is 8.97. The van der Waals surface area contributed by atoms with Gasteiger partial charge in [0.15, 0.2) is 0 Å². The lowest BCUT2D eigenvalue weighted by Crippen LogP contribution is -2.67. The summed E-state index contributed by atoms with van der Waals surface area (Å²) in [6.07, 6.45) is 0. The third-order valence-electron chi connectivity index (χ3n) is 6.32. The normalized spacial score (nSPS) is 24.8. The van der Waals surface area contributed by atoms with Crippen molar-refractivity contribution in [3.05, 3.63) is 69.7 Å². The van der Waals surface area contributed by atoms with E-state index in [1.54, 1.807) is 0 Å². The van der Waals surface area contributed by atoms with Gasteiger partial charge in [0.25, 0.3) is 11.8 Å². The maximum Gasteiger partial charge on any atom is 0.349 e. The van der Waals surface area contributed by atoms with Crippen molar-refractivity contribution in [1.82, 2.24) is 15.5 Å². The van der Waals surface area contributed by atoms with E-state index >= 15 is 0 Å². The monoisotopic (exact) mass is 501 g/mol. The number of carbonyl (C=O) groups excluding carboxylic acids is 4. The van der Waals surface area contributed by atoms with Crippen molar-refractivity contribution in [2.75, 3.05) is 0 Å². The molecule has 4 rings (SSSR count). The minimum absolute atomic E-state index is 0.152. The Morgan fingerprint density at radius 1 is 1.17 bits per heavy atom. The summed E-state index contributed by atoms with van der Waals surface area (Å²) in [7, 11) is 23.9. The Kier molecular flexibility index (Phi) is 6.58. The number of fused-ring (bicyclic) bond motifs is 1. The Balaban J connectivity index is 1.54. The summed E-state index contributed by atoms with van der Waals surface area (Å²) in [6.45, 7) is -0.206. The largest absolute Gasteiger partial charge is 0.352 e. The molecule has 0 aliphatic carbocycles. The second-order valence-electron chi connectivity index (χ2n) is 8.54. The average Bonchev–Trinajstić information content (AvgIpc) is 3.17. The molecule has 2 N–H and O–H groups in total. The van der Waals surface area contributed by atoms with Gasteiger partial charge in [0.2, 0.25) is 11.8 Å². The molecule has 2 heterocycles. The molecule has 2 aromatic rings. The van der Waals surface area contributed by atoms with Crippen LogP contribution in [0.25, 0.3) is 0 Å². The van der Waals surface area contributed by atoms with E-state index in [9.17, 15) is 28.0 Å². The summed E-state index contributed by atoms with van der Waals surface area (Å²) < 4.78 is 29.2. The molecule has 8 radical (unpaired) electrons. The zero-order valence-electron chi connectivity index (χ0n) is 18.5. The first-order chi connectivity index (χ1) is 16.8. The molecule has 0 bridgehead atoms. The van der Waals surface area contributed by atoms with Gasteiger partial charge in [0.1, 0.15) is 15.7 Å². The number of halogens is 3. The Bertz CT molecular complexity index is 1280. The average molecular weight is 501 g/mol. The lowest BCUT2D eigenvalue weighted by molar-refractivity contribution is -0.147. The number of nitrogens with one attached hydrogen (secondary N) is 2. The van der Waals surface area contributed by atoms with Crippen LogP contribution in [0, 0.1) is 0 Å². The van der Waals surface area contributed by atoms with E-state index < -0.39 is 58.1 Å². The highest BCUT2D eigenvalue weighted by atomic mass is 35.5. The zero-order chi connectivity index (χ0) is 26.6. The molecule has 2 aliphatic rings. The highest BCUT2D eigenvalue weighted by Crippen LogP contribution is 2.41. The van der Waals surface area contributed by atoms with Crippen molar-refractivity contribution in [2.45, 2.75) is 35.5 Å². The summed E-state index contributed by atoms with van der Waals surface area (Å²) in [5.74, 6) is -12.1. The molecule has 4 unspecified atom stereocenters. The van der Waals surface area contributed by atoms with Crippen LogP contribution < -0.4 is 10.6 Å². The third kappa shape index (κ3) is 4.13. The molecule has 174 valence electrons. The number of rotatable bonds is 5. The van der Waals surface area contributed by atoms with Gasteiger partial charge in [-0.2, -0.15) is 8.78 Å². The van der Waals surface area contributed by atoms with Crippen LogP contribution in [0.4, 0.5) is 8.78 Å². The van der Waals surface area contributed by atoms with E-state index in [2.05, 4.69) is 5.32 Å². The maximum absolute atomic E-state index is 14.6. The van der Waals surface area contributed by atoms with Gasteiger partial charge in [-0.05, 0) is 35.1 Å². The molecule has 7 nitrogen and oxygen atoms in total. The predicted octanol–water partition coefficient (Wildman–Crippen LogP) is 0.806. The van der Waals surface area contributed by atoms with Crippen molar-refractivity contribution >= 4 is 66.6 Å². The van der Waals surface area contributed by atoms with Crippen LogP contribution in [-0.2, 0) is 26.9 Å². The molecule has 0 saturated carbocycles. The second kappa shape index (κ2) is 9.10. The first-order valence-corrected chi connectivity index (χ1v) is 11.0. The fraction of sp³-hybridized carbons (Fsp3) is 0.273. The number of imide groups is 1. The van der Waals surface area contributed by atoms with Crippen LogP contribution in [0.2, 0.25) is 16.7 Å². The molecule has 4 atom stereocenters. The lowest BCUT2D eigenvalue weighted by atomic mass is 9.48. The Morgan fingerprint density at radius 3 is 2.44 bits per heavy atom. The van der Waals surface area contributed by atoms with Crippen LogP contribution in [0.5, 0.6) is 0 Å². The van der Waals surface area contributed by atoms with E-state index in [0.717, 1.165) is 17.0 Å². The van der Waals surface area contributed by atoms with Gasteiger partial charge in [0.05, 0.1) is 21.1 Å². The van der Waals surface area contributed by atoms with Crippen LogP contribution in [0.3, 0.4) is 0 Å².